The van der Waals surface area contributed by atoms with E-state index in [1.54, 1.807) is 0 Å². The van der Waals surface area contributed by atoms with Crippen LogP contribution >= 0.6 is 0 Å². The van der Waals surface area contributed by atoms with Crippen LogP contribution in [0.2, 0.25) is 0 Å². The zero-order valence-electron chi connectivity index (χ0n) is 11.9. The first kappa shape index (κ1) is 14.5. The van der Waals surface area contributed by atoms with Gasteiger partial charge in [-0.15, -0.1) is 0 Å². The van der Waals surface area contributed by atoms with Gasteiger partial charge in [-0.25, -0.2) is 0 Å². The van der Waals surface area contributed by atoms with E-state index in [0.717, 1.165) is 32.4 Å². The first-order chi connectivity index (χ1) is 7.63. The molecule has 1 aliphatic heterocycles. The number of hydrogen-bond acceptors (Lipinski definition) is 2. The monoisotopic (exact) mass is 241 g/mol. The van der Waals surface area contributed by atoms with Crippen LogP contribution in [-0.2, 0) is 4.79 Å². The number of carbonyl (C=O) groups is 1. The molecule has 1 rings (SSSR count). The van der Waals surface area contributed by atoms with Crippen molar-refractivity contribution in [1.82, 2.24) is 4.90 Å². The highest BCUT2D eigenvalue weighted by Crippen LogP contribution is 2.36. The second kappa shape index (κ2) is 4.97. The molecule has 0 aromatic carbocycles. The van der Waals surface area contributed by atoms with Crippen molar-refractivity contribution in [2.75, 3.05) is 13.1 Å². The topological polar surface area (TPSA) is 40.5 Å². The molecule has 0 aromatic rings. The van der Waals surface area contributed by atoms with E-state index in [1.165, 1.54) is 0 Å². The Hall–Kier alpha value is -0.570. The maximum absolute atomic E-state index is 11.5. The van der Waals surface area contributed by atoms with E-state index in [-0.39, 0.29) is 16.9 Å². The molecule has 1 atom stereocenters. The lowest BCUT2D eigenvalue weighted by molar-refractivity contribution is -0.150. The predicted octanol–water partition coefficient (Wildman–Crippen LogP) is 3.00. The highest BCUT2D eigenvalue weighted by molar-refractivity contribution is 5.74. The number of carboxylic acids is 1. The number of aliphatic carboxylic acids is 1. The Bertz CT molecular complexity index is 278. The first-order valence-corrected chi connectivity index (χ1v) is 6.60. The van der Waals surface area contributed by atoms with Crippen molar-refractivity contribution in [3.8, 4) is 0 Å². The fourth-order valence-corrected chi connectivity index (χ4v) is 2.71. The standard InChI is InChI=1S/C14H27NO2/c1-13(2,3)8-10-15-9-6-7-14(4,5)11(15)12(16)17/h11H,6-10H2,1-5H3,(H,16,17). The zero-order valence-corrected chi connectivity index (χ0v) is 11.9. The van der Waals surface area contributed by atoms with Gasteiger partial charge in [-0.05, 0) is 43.2 Å². The summed E-state index contributed by atoms with van der Waals surface area (Å²) in [7, 11) is 0. The second-order valence-corrected chi connectivity index (χ2v) is 7.18. The minimum absolute atomic E-state index is 0.109. The maximum atomic E-state index is 11.5. The lowest BCUT2D eigenvalue weighted by atomic mass is 9.76. The summed E-state index contributed by atoms with van der Waals surface area (Å²) in [5.74, 6) is -0.663. The Morgan fingerprint density at radius 3 is 2.47 bits per heavy atom. The second-order valence-electron chi connectivity index (χ2n) is 7.18. The number of hydrogen-bond donors (Lipinski definition) is 1. The minimum Gasteiger partial charge on any atom is -0.480 e. The molecule has 3 nitrogen and oxygen atoms in total. The van der Waals surface area contributed by atoms with Crippen LogP contribution in [-0.4, -0.2) is 35.1 Å². The highest BCUT2D eigenvalue weighted by Gasteiger charge is 2.42. The molecule has 1 fully saturated rings. The van der Waals surface area contributed by atoms with E-state index in [2.05, 4.69) is 39.5 Å². The fourth-order valence-electron chi connectivity index (χ4n) is 2.71. The average Bonchev–Trinajstić information content (AvgIpc) is 2.11. The Morgan fingerprint density at radius 2 is 2.00 bits per heavy atom. The van der Waals surface area contributed by atoms with Crippen LogP contribution < -0.4 is 0 Å². The lowest BCUT2D eigenvalue weighted by Crippen LogP contribution is -2.54. The third kappa shape index (κ3) is 3.98. The van der Waals surface area contributed by atoms with Crippen LogP contribution in [0, 0.1) is 10.8 Å². The van der Waals surface area contributed by atoms with Crippen molar-refractivity contribution in [2.45, 2.75) is 59.9 Å². The lowest BCUT2D eigenvalue weighted by Gasteiger charge is -2.44. The van der Waals surface area contributed by atoms with Crippen LogP contribution in [0.25, 0.3) is 0 Å². The molecule has 100 valence electrons. The summed E-state index contributed by atoms with van der Waals surface area (Å²) >= 11 is 0. The third-order valence-electron chi connectivity index (χ3n) is 3.75. The third-order valence-corrected chi connectivity index (χ3v) is 3.75. The van der Waals surface area contributed by atoms with E-state index >= 15 is 0 Å². The maximum Gasteiger partial charge on any atom is 0.321 e. The Kier molecular flexibility index (Phi) is 4.23. The van der Waals surface area contributed by atoms with Gasteiger partial charge < -0.3 is 5.11 Å². The molecule has 0 radical (unpaired) electrons. The molecule has 1 N–H and O–H groups in total. The number of piperidine rings is 1. The highest BCUT2D eigenvalue weighted by atomic mass is 16.4. The van der Waals surface area contributed by atoms with Crippen LogP contribution in [0.4, 0.5) is 0 Å². The molecule has 17 heavy (non-hydrogen) atoms. The van der Waals surface area contributed by atoms with E-state index in [1.807, 2.05) is 0 Å². The molecule has 0 saturated carbocycles. The molecular weight excluding hydrogens is 214 g/mol. The van der Waals surface area contributed by atoms with Gasteiger partial charge in [-0.2, -0.15) is 0 Å². The van der Waals surface area contributed by atoms with Crippen molar-refractivity contribution in [1.29, 1.82) is 0 Å². The average molecular weight is 241 g/mol. The van der Waals surface area contributed by atoms with Crippen LogP contribution in [0.5, 0.6) is 0 Å². The molecule has 1 saturated heterocycles. The quantitative estimate of drug-likeness (QED) is 0.825. The van der Waals surface area contributed by atoms with Gasteiger partial charge >= 0.3 is 5.97 Å². The van der Waals surface area contributed by atoms with E-state index < -0.39 is 5.97 Å². The predicted molar refractivity (Wildman–Crippen MR) is 70.1 cm³/mol. The summed E-state index contributed by atoms with van der Waals surface area (Å²) in [6, 6.07) is -0.321. The Labute approximate surface area is 105 Å². The van der Waals surface area contributed by atoms with E-state index in [4.69, 9.17) is 0 Å². The van der Waals surface area contributed by atoms with Gasteiger partial charge in [-0.1, -0.05) is 34.6 Å². The molecule has 0 spiro atoms. The summed E-state index contributed by atoms with van der Waals surface area (Å²) in [4.78, 5) is 13.6. The summed E-state index contributed by atoms with van der Waals surface area (Å²) in [6.45, 7) is 12.6. The number of carboxylic acid groups (broad SMARTS) is 1. The molecule has 1 aliphatic rings. The van der Waals surface area contributed by atoms with Gasteiger partial charge in [0.25, 0.3) is 0 Å². The van der Waals surface area contributed by atoms with E-state index in [9.17, 15) is 9.90 Å². The van der Waals surface area contributed by atoms with Gasteiger partial charge in [-0.3, -0.25) is 9.69 Å². The summed E-state index contributed by atoms with van der Waals surface area (Å²) in [5.41, 5.74) is 0.159. The molecule has 0 aromatic heterocycles. The Balaban J connectivity index is 2.72. The van der Waals surface area contributed by atoms with Crippen molar-refractivity contribution >= 4 is 5.97 Å². The molecule has 1 unspecified atom stereocenters. The summed E-state index contributed by atoms with van der Waals surface area (Å²) in [5, 5.41) is 9.43. The van der Waals surface area contributed by atoms with Gasteiger partial charge in [0.1, 0.15) is 6.04 Å². The van der Waals surface area contributed by atoms with Gasteiger partial charge in [0, 0.05) is 0 Å². The van der Waals surface area contributed by atoms with Crippen molar-refractivity contribution in [3.05, 3.63) is 0 Å². The number of rotatable bonds is 3. The van der Waals surface area contributed by atoms with Crippen molar-refractivity contribution in [2.24, 2.45) is 10.8 Å². The number of nitrogens with zero attached hydrogens (tertiary/aromatic N) is 1. The summed E-state index contributed by atoms with van der Waals surface area (Å²) < 4.78 is 0. The number of likely N-dealkylation sites (tertiary alicyclic amines) is 1. The molecule has 3 heteroatoms. The van der Waals surface area contributed by atoms with Crippen LogP contribution in [0.3, 0.4) is 0 Å². The smallest absolute Gasteiger partial charge is 0.321 e. The molecular formula is C14H27NO2. The zero-order chi connectivity index (χ0) is 13.3. The molecule has 0 aliphatic carbocycles. The van der Waals surface area contributed by atoms with E-state index in [0.29, 0.717) is 0 Å². The van der Waals surface area contributed by atoms with Crippen LogP contribution in [0.1, 0.15) is 53.9 Å². The minimum atomic E-state index is -0.663. The molecule has 1 heterocycles. The SMILES string of the molecule is CC(C)(C)CCN1CCCC(C)(C)C1C(=O)O. The Morgan fingerprint density at radius 1 is 1.41 bits per heavy atom. The van der Waals surface area contributed by atoms with Gasteiger partial charge in [0.15, 0.2) is 0 Å². The molecule has 0 bridgehead atoms. The van der Waals surface area contributed by atoms with Gasteiger partial charge in [0.2, 0.25) is 0 Å². The van der Waals surface area contributed by atoms with Crippen molar-refractivity contribution < 1.29 is 9.90 Å². The normalized spacial score (nSPS) is 25.8. The van der Waals surface area contributed by atoms with Gasteiger partial charge in [0.05, 0.1) is 0 Å². The summed E-state index contributed by atoms with van der Waals surface area (Å²) in [6.07, 6.45) is 3.17. The largest absolute Gasteiger partial charge is 0.480 e. The first-order valence-electron chi connectivity index (χ1n) is 6.60. The van der Waals surface area contributed by atoms with Crippen LogP contribution in [0.15, 0.2) is 0 Å². The fraction of sp³-hybridized carbons (Fsp3) is 0.929. The van der Waals surface area contributed by atoms with Crippen molar-refractivity contribution in [3.63, 3.8) is 0 Å². The molecule has 0 amide bonds.